The van der Waals surface area contributed by atoms with E-state index in [1.54, 1.807) is 0 Å². The topological polar surface area (TPSA) is 59.0 Å². The van der Waals surface area contributed by atoms with Crippen LogP contribution >= 0.6 is 0 Å². The van der Waals surface area contributed by atoms with Gasteiger partial charge in [-0.05, 0) is 20.8 Å². The van der Waals surface area contributed by atoms with E-state index in [-0.39, 0.29) is 5.91 Å². The number of aryl methyl sites for hydroxylation is 2. The zero-order chi connectivity index (χ0) is 14.4. The lowest BCUT2D eigenvalue weighted by Gasteiger charge is -2.09. The number of hydrogen-bond donors (Lipinski definition) is 2. The first-order valence-electron chi connectivity index (χ1n) is 6.98. The summed E-state index contributed by atoms with van der Waals surface area (Å²) in [7, 11) is 0. The third-order valence-electron chi connectivity index (χ3n) is 3.14. The van der Waals surface area contributed by atoms with E-state index in [2.05, 4.69) is 36.5 Å². The number of amides is 1. The van der Waals surface area contributed by atoms with E-state index in [9.17, 15) is 4.79 Å². The third kappa shape index (κ3) is 4.67. The average molecular weight is 266 g/mol. The Morgan fingerprint density at radius 1 is 1.37 bits per heavy atom. The van der Waals surface area contributed by atoms with Gasteiger partial charge in [0, 0.05) is 43.4 Å². The second kappa shape index (κ2) is 7.28. The van der Waals surface area contributed by atoms with Crippen LogP contribution in [0.2, 0.25) is 0 Å². The first kappa shape index (κ1) is 15.7. The quantitative estimate of drug-likeness (QED) is 0.787. The minimum Gasteiger partial charge on any atom is -0.356 e. The molecule has 1 aromatic rings. The summed E-state index contributed by atoms with van der Waals surface area (Å²) < 4.78 is 1.93. The van der Waals surface area contributed by atoms with E-state index in [1.807, 2.05) is 18.5 Å². The van der Waals surface area contributed by atoms with Crippen molar-refractivity contribution in [3.05, 3.63) is 17.0 Å². The molecule has 0 aliphatic rings. The Hall–Kier alpha value is -1.36. The van der Waals surface area contributed by atoms with Crippen LogP contribution in [-0.2, 0) is 17.9 Å². The van der Waals surface area contributed by atoms with E-state index in [1.165, 1.54) is 5.56 Å². The zero-order valence-corrected chi connectivity index (χ0v) is 12.7. The van der Waals surface area contributed by atoms with Crippen LogP contribution in [0, 0.1) is 13.8 Å². The lowest BCUT2D eigenvalue weighted by molar-refractivity contribution is -0.121. The van der Waals surface area contributed by atoms with Crippen molar-refractivity contribution in [3.8, 4) is 0 Å². The molecule has 5 nitrogen and oxygen atoms in total. The minimum absolute atomic E-state index is 0.0805. The number of aromatic nitrogens is 2. The van der Waals surface area contributed by atoms with Crippen LogP contribution < -0.4 is 10.6 Å². The molecule has 0 bridgehead atoms. The highest BCUT2D eigenvalue weighted by Gasteiger charge is 2.12. The van der Waals surface area contributed by atoms with Gasteiger partial charge in [-0.25, -0.2) is 0 Å². The van der Waals surface area contributed by atoms with Crippen molar-refractivity contribution in [1.82, 2.24) is 20.4 Å². The maximum atomic E-state index is 11.5. The number of hydrogen-bond acceptors (Lipinski definition) is 3. The zero-order valence-electron chi connectivity index (χ0n) is 12.7. The Morgan fingerprint density at radius 3 is 2.63 bits per heavy atom. The molecule has 108 valence electrons. The second-order valence-corrected chi connectivity index (χ2v) is 5.11. The molecule has 1 rings (SSSR count). The summed E-state index contributed by atoms with van der Waals surface area (Å²) in [5.74, 6) is 0.0805. The van der Waals surface area contributed by atoms with E-state index in [0.717, 1.165) is 17.9 Å². The van der Waals surface area contributed by atoms with Gasteiger partial charge in [0.2, 0.25) is 5.91 Å². The van der Waals surface area contributed by atoms with Crippen molar-refractivity contribution in [1.29, 1.82) is 0 Å². The van der Waals surface area contributed by atoms with Crippen molar-refractivity contribution in [2.45, 2.75) is 60.2 Å². The third-order valence-corrected chi connectivity index (χ3v) is 3.14. The molecule has 1 heterocycles. The van der Waals surface area contributed by atoms with Crippen molar-refractivity contribution in [3.63, 3.8) is 0 Å². The predicted octanol–water partition coefficient (Wildman–Crippen LogP) is 1.52. The Labute approximate surface area is 115 Å². The molecule has 0 aromatic carbocycles. The lowest BCUT2D eigenvalue weighted by Crippen LogP contribution is -2.24. The molecule has 0 atom stereocenters. The Morgan fingerprint density at radius 2 is 2.05 bits per heavy atom. The fourth-order valence-electron chi connectivity index (χ4n) is 2.01. The highest BCUT2D eigenvalue weighted by atomic mass is 16.1. The molecule has 1 aromatic heterocycles. The van der Waals surface area contributed by atoms with Crippen LogP contribution in [0.4, 0.5) is 0 Å². The number of carbonyl (C=O) groups excluding carboxylic acids is 1. The summed E-state index contributed by atoms with van der Waals surface area (Å²) in [5, 5.41) is 10.7. The Balaban J connectivity index is 2.65. The molecule has 0 unspecified atom stereocenters. The van der Waals surface area contributed by atoms with Gasteiger partial charge in [-0.2, -0.15) is 5.10 Å². The predicted molar refractivity (Wildman–Crippen MR) is 77.0 cm³/mol. The van der Waals surface area contributed by atoms with Crippen LogP contribution in [-0.4, -0.2) is 28.3 Å². The highest BCUT2D eigenvalue weighted by Crippen LogP contribution is 2.13. The van der Waals surface area contributed by atoms with Crippen LogP contribution in [0.25, 0.3) is 0 Å². The molecule has 5 heteroatoms. The van der Waals surface area contributed by atoms with Gasteiger partial charge in [0.1, 0.15) is 0 Å². The largest absolute Gasteiger partial charge is 0.356 e. The van der Waals surface area contributed by atoms with Crippen LogP contribution in [0.15, 0.2) is 0 Å². The van der Waals surface area contributed by atoms with E-state index in [0.29, 0.717) is 25.6 Å². The molecule has 1 amide bonds. The van der Waals surface area contributed by atoms with E-state index in [4.69, 9.17) is 0 Å². The molecule has 0 fully saturated rings. The molecule has 0 saturated heterocycles. The summed E-state index contributed by atoms with van der Waals surface area (Å²) in [6, 6.07) is 0.456. The van der Waals surface area contributed by atoms with Gasteiger partial charge < -0.3 is 10.6 Å². The summed E-state index contributed by atoms with van der Waals surface area (Å²) in [4.78, 5) is 11.5. The Bertz CT molecular complexity index is 423. The molecular weight excluding hydrogens is 240 g/mol. The van der Waals surface area contributed by atoms with E-state index < -0.39 is 0 Å². The molecular formula is C14H26N4O. The van der Waals surface area contributed by atoms with Crippen molar-refractivity contribution >= 4 is 5.91 Å². The molecule has 0 saturated carbocycles. The van der Waals surface area contributed by atoms with E-state index >= 15 is 0 Å². The lowest BCUT2D eigenvalue weighted by atomic mass is 10.2. The number of nitrogens with zero attached hydrogens (tertiary/aromatic N) is 2. The maximum Gasteiger partial charge on any atom is 0.221 e. The highest BCUT2D eigenvalue weighted by molar-refractivity contribution is 5.75. The normalized spacial score (nSPS) is 11.1. The van der Waals surface area contributed by atoms with Crippen molar-refractivity contribution in [2.75, 3.05) is 6.54 Å². The standard InChI is InChI=1S/C14H26N4O/c1-6-15-14(19)7-8-18-12(5)13(11(4)17-18)9-16-10(2)3/h10,16H,6-9H2,1-5H3,(H,15,19). The van der Waals surface area contributed by atoms with Crippen LogP contribution in [0.1, 0.15) is 44.1 Å². The fourth-order valence-corrected chi connectivity index (χ4v) is 2.01. The molecule has 0 radical (unpaired) electrons. The van der Waals surface area contributed by atoms with Gasteiger partial charge >= 0.3 is 0 Å². The van der Waals surface area contributed by atoms with Crippen LogP contribution in [0.5, 0.6) is 0 Å². The van der Waals surface area contributed by atoms with Gasteiger partial charge in [-0.1, -0.05) is 13.8 Å². The van der Waals surface area contributed by atoms with Crippen molar-refractivity contribution in [2.24, 2.45) is 0 Å². The molecule has 0 aliphatic heterocycles. The molecule has 0 spiro atoms. The van der Waals surface area contributed by atoms with Gasteiger partial charge in [-0.3, -0.25) is 9.48 Å². The van der Waals surface area contributed by atoms with Crippen LogP contribution in [0.3, 0.4) is 0 Å². The number of nitrogens with one attached hydrogen (secondary N) is 2. The first-order valence-corrected chi connectivity index (χ1v) is 6.98. The monoisotopic (exact) mass is 266 g/mol. The summed E-state index contributed by atoms with van der Waals surface area (Å²) >= 11 is 0. The molecule has 0 aliphatic carbocycles. The Kier molecular flexibility index (Phi) is 6.02. The summed E-state index contributed by atoms with van der Waals surface area (Å²) in [6.07, 6.45) is 0.479. The maximum absolute atomic E-state index is 11.5. The minimum atomic E-state index is 0.0805. The SMILES string of the molecule is CCNC(=O)CCn1nc(C)c(CNC(C)C)c1C. The summed E-state index contributed by atoms with van der Waals surface area (Å²) in [6.45, 7) is 12.4. The number of rotatable bonds is 7. The molecule has 19 heavy (non-hydrogen) atoms. The van der Waals surface area contributed by atoms with Crippen molar-refractivity contribution < 1.29 is 4.79 Å². The number of carbonyl (C=O) groups is 1. The van der Waals surface area contributed by atoms with Gasteiger partial charge in [0.25, 0.3) is 0 Å². The van der Waals surface area contributed by atoms with Gasteiger partial charge in [0.05, 0.1) is 5.69 Å². The van der Waals surface area contributed by atoms with Gasteiger partial charge in [-0.15, -0.1) is 0 Å². The average Bonchev–Trinajstić information content (AvgIpc) is 2.60. The second-order valence-electron chi connectivity index (χ2n) is 5.11. The molecule has 2 N–H and O–H groups in total. The smallest absolute Gasteiger partial charge is 0.221 e. The summed E-state index contributed by atoms with van der Waals surface area (Å²) in [5.41, 5.74) is 3.43. The van der Waals surface area contributed by atoms with Gasteiger partial charge in [0.15, 0.2) is 0 Å². The first-order chi connectivity index (χ1) is 8.95. The fraction of sp³-hybridized carbons (Fsp3) is 0.714.